The highest BCUT2D eigenvalue weighted by atomic mass is 35.5. The predicted molar refractivity (Wildman–Crippen MR) is 107 cm³/mol. The number of anilines is 2. The fourth-order valence-corrected chi connectivity index (χ4v) is 3.20. The van der Waals surface area contributed by atoms with Gasteiger partial charge in [0.25, 0.3) is 0 Å². The van der Waals surface area contributed by atoms with Crippen molar-refractivity contribution in [1.29, 1.82) is 0 Å². The Morgan fingerprint density at radius 2 is 1.73 bits per heavy atom. The second-order valence-electron chi connectivity index (χ2n) is 6.05. The van der Waals surface area contributed by atoms with E-state index in [2.05, 4.69) is 10.2 Å². The summed E-state index contributed by atoms with van der Waals surface area (Å²) in [5, 5.41) is 4.07. The molecule has 5 nitrogen and oxygen atoms in total. The molecule has 1 aliphatic heterocycles. The molecule has 0 unspecified atom stereocenters. The lowest BCUT2D eigenvalue weighted by Crippen LogP contribution is -2.50. The normalized spacial score (nSPS) is 14.3. The summed E-state index contributed by atoms with van der Waals surface area (Å²) in [6.45, 7) is 3.26. The van der Waals surface area contributed by atoms with Crippen LogP contribution in [0.5, 0.6) is 5.75 Å². The number of amides is 1. The lowest BCUT2D eigenvalue weighted by molar-refractivity contribution is -0.129. The molecule has 0 atom stereocenters. The average Bonchev–Trinajstić information content (AvgIpc) is 2.69. The molecule has 0 aliphatic carbocycles. The van der Waals surface area contributed by atoms with Crippen LogP contribution >= 0.6 is 23.2 Å². The fraction of sp³-hybridized carbons (Fsp3) is 0.316. The second kappa shape index (κ2) is 8.52. The van der Waals surface area contributed by atoms with Gasteiger partial charge in [-0.15, -0.1) is 0 Å². The summed E-state index contributed by atoms with van der Waals surface area (Å²) in [5.74, 6) is 0.918. The van der Waals surface area contributed by atoms with E-state index in [4.69, 9.17) is 27.9 Å². The zero-order valence-electron chi connectivity index (χ0n) is 14.5. The SMILES string of the molecule is COc1ccc(N2CCN(C(=O)CNc3ccc(Cl)c(Cl)c3)CC2)cc1. The van der Waals surface area contributed by atoms with Gasteiger partial charge < -0.3 is 19.9 Å². The molecule has 0 radical (unpaired) electrons. The van der Waals surface area contributed by atoms with Crippen LogP contribution in [0, 0.1) is 0 Å². The maximum Gasteiger partial charge on any atom is 0.241 e. The zero-order valence-corrected chi connectivity index (χ0v) is 16.1. The Morgan fingerprint density at radius 1 is 1.04 bits per heavy atom. The van der Waals surface area contributed by atoms with Crippen molar-refractivity contribution in [3.05, 3.63) is 52.5 Å². The summed E-state index contributed by atoms with van der Waals surface area (Å²) in [4.78, 5) is 16.6. The van der Waals surface area contributed by atoms with Crippen LogP contribution in [0.3, 0.4) is 0 Å². The quantitative estimate of drug-likeness (QED) is 0.839. The van der Waals surface area contributed by atoms with E-state index >= 15 is 0 Å². The molecular formula is C19H21Cl2N3O2. The Hall–Kier alpha value is -2.11. The summed E-state index contributed by atoms with van der Waals surface area (Å²) in [6, 6.07) is 13.2. The van der Waals surface area contributed by atoms with Crippen LogP contribution in [-0.4, -0.2) is 50.6 Å². The number of hydrogen-bond acceptors (Lipinski definition) is 4. The number of carbonyl (C=O) groups is 1. The molecule has 0 bridgehead atoms. The van der Waals surface area contributed by atoms with Crippen molar-refractivity contribution in [2.24, 2.45) is 0 Å². The minimum absolute atomic E-state index is 0.0745. The summed E-state index contributed by atoms with van der Waals surface area (Å²) in [6.07, 6.45) is 0. The Labute approximate surface area is 163 Å². The number of nitrogens with zero attached hydrogens (tertiary/aromatic N) is 2. The first-order valence-corrected chi connectivity index (χ1v) is 9.18. The third-order valence-electron chi connectivity index (χ3n) is 4.43. The van der Waals surface area contributed by atoms with Crippen molar-refractivity contribution in [2.75, 3.05) is 50.1 Å². The second-order valence-corrected chi connectivity index (χ2v) is 6.86. The molecule has 3 rings (SSSR count). The Bertz CT molecular complexity index is 760. The van der Waals surface area contributed by atoms with Gasteiger partial charge >= 0.3 is 0 Å². The van der Waals surface area contributed by atoms with Gasteiger partial charge in [-0.1, -0.05) is 23.2 Å². The van der Waals surface area contributed by atoms with Crippen molar-refractivity contribution >= 4 is 40.5 Å². The first-order valence-electron chi connectivity index (χ1n) is 8.42. The number of rotatable bonds is 5. The number of benzene rings is 2. The summed E-state index contributed by atoms with van der Waals surface area (Å²) in [5.41, 5.74) is 1.93. The van der Waals surface area contributed by atoms with E-state index in [1.807, 2.05) is 35.2 Å². The predicted octanol–water partition coefficient (Wildman–Crippen LogP) is 3.76. The molecule has 2 aromatic carbocycles. The number of carbonyl (C=O) groups excluding carboxylic acids is 1. The van der Waals surface area contributed by atoms with Crippen LogP contribution in [0.15, 0.2) is 42.5 Å². The number of methoxy groups -OCH3 is 1. The largest absolute Gasteiger partial charge is 0.497 e. The van der Waals surface area contributed by atoms with Crippen LogP contribution < -0.4 is 15.0 Å². The highest BCUT2D eigenvalue weighted by Gasteiger charge is 2.21. The molecular weight excluding hydrogens is 373 g/mol. The molecule has 0 spiro atoms. The highest BCUT2D eigenvalue weighted by molar-refractivity contribution is 6.42. The van der Waals surface area contributed by atoms with Gasteiger partial charge in [-0.3, -0.25) is 4.79 Å². The van der Waals surface area contributed by atoms with Crippen molar-refractivity contribution in [2.45, 2.75) is 0 Å². The molecule has 1 saturated heterocycles. The molecule has 1 fully saturated rings. The van der Waals surface area contributed by atoms with Crippen LogP contribution in [0.2, 0.25) is 10.0 Å². The minimum atomic E-state index is 0.0745. The van der Waals surface area contributed by atoms with Crippen molar-refractivity contribution < 1.29 is 9.53 Å². The van der Waals surface area contributed by atoms with E-state index in [9.17, 15) is 4.79 Å². The first-order chi connectivity index (χ1) is 12.6. The number of piperazine rings is 1. The standard InChI is InChI=1S/C19H21Cl2N3O2/c1-26-16-5-3-15(4-6-16)23-8-10-24(11-9-23)19(25)13-22-14-2-7-17(20)18(21)12-14/h2-7,12,22H,8-11,13H2,1H3. The van der Waals surface area contributed by atoms with Gasteiger partial charge in [-0.2, -0.15) is 0 Å². The van der Waals surface area contributed by atoms with Gasteiger partial charge in [0.05, 0.1) is 23.7 Å². The lowest BCUT2D eigenvalue weighted by Gasteiger charge is -2.36. The monoisotopic (exact) mass is 393 g/mol. The lowest BCUT2D eigenvalue weighted by atomic mass is 10.2. The highest BCUT2D eigenvalue weighted by Crippen LogP contribution is 2.25. The number of halogens is 2. The van der Waals surface area contributed by atoms with E-state index in [1.54, 1.807) is 19.2 Å². The molecule has 1 heterocycles. The third kappa shape index (κ3) is 4.54. The smallest absolute Gasteiger partial charge is 0.241 e. The van der Waals surface area contributed by atoms with Crippen LogP contribution in [0.4, 0.5) is 11.4 Å². The van der Waals surface area contributed by atoms with Gasteiger partial charge in [0, 0.05) is 37.6 Å². The van der Waals surface area contributed by atoms with E-state index in [0.29, 0.717) is 23.1 Å². The van der Waals surface area contributed by atoms with Gasteiger partial charge in [-0.05, 0) is 42.5 Å². The molecule has 138 valence electrons. The molecule has 1 amide bonds. The third-order valence-corrected chi connectivity index (χ3v) is 5.17. The number of ether oxygens (including phenoxy) is 1. The van der Waals surface area contributed by atoms with E-state index in [0.717, 1.165) is 30.2 Å². The first kappa shape index (κ1) is 18.7. The molecule has 0 aromatic heterocycles. The van der Waals surface area contributed by atoms with E-state index in [1.165, 1.54) is 0 Å². The number of hydrogen-bond donors (Lipinski definition) is 1. The molecule has 1 aliphatic rings. The minimum Gasteiger partial charge on any atom is -0.497 e. The molecule has 0 saturated carbocycles. The van der Waals surface area contributed by atoms with Crippen molar-refractivity contribution in [1.82, 2.24) is 4.90 Å². The Balaban J connectivity index is 1.49. The molecule has 1 N–H and O–H groups in total. The average molecular weight is 394 g/mol. The molecule has 2 aromatic rings. The maximum absolute atomic E-state index is 12.4. The fourth-order valence-electron chi connectivity index (χ4n) is 2.90. The van der Waals surface area contributed by atoms with Gasteiger partial charge in [0.15, 0.2) is 0 Å². The van der Waals surface area contributed by atoms with Crippen molar-refractivity contribution in [3.63, 3.8) is 0 Å². The van der Waals surface area contributed by atoms with Gasteiger partial charge in [0.1, 0.15) is 5.75 Å². The summed E-state index contributed by atoms with van der Waals surface area (Å²) >= 11 is 11.9. The van der Waals surface area contributed by atoms with Crippen LogP contribution in [0.1, 0.15) is 0 Å². The van der Waals surface area contributed by atoms with Crippen LogP contribution in [-0.2, 0) is 4.79 Å². The summed E-state index contributed by atoms with van der Waals surface area (Å²) < 4.78 is 5.19. The van der Waals surface area contributed by atoms with E-state index in [-0.39, 0.29) is 12.5 Å². The van der Waals surface area contributed by atoms with E-state index < -0.39 is 0 Å². The van der Waals surface area contributed by atoms with Gasteiger partial charge in [0.2, 0.25) is 5.91 Å². The maximum atomic E-state index is 12.4. The number of nitrogens with one attached hydrogen (secondary N) is 1. The topological polar surface area (TPSA) is 44.8 Å². The van der Waals surface area contributed by atoms with Gasteiger partial charge in [-0.25, -0.2) is 0 Å². The van der Waals surface area contributed by atoms with Crippen molar-refractivity contribution in [3.8, 4) is 5.75 Å². The molecule has 26 heavy (non-hydrogen) atoms. The van der Waals surface area contributed by atoms with Crippen LogP contribution in [0.25, 0.3) is 0 Å². The Kier molecular flexibility index (Phi) is 6.12. The Morgan fingerprint density at radius 3 is 2.35 bits per heavy atom. The zero-order chi connectivity index (χ0) is 18.5. The molecule has 7 heteroatoms. The summed E-state index contributed by atoms with van der Waals surface area (Å²) in [7, 11) is 1.66.